The van der Waals surface area contributed by atoms with E-state index >= 15 is 0 Å². The summed E-state index contributed by atoms with van der Waals surface area (Å²) in [7, 11) is 1.56. The van der Waals surface area contributed by atoms with Crippen LogP contribution in [0.15, 0.2) is 12.1 Å². The number of ether oxygens (including phenoxy) is 3. The van der Waals surface area contributed by atoms with E-state index in [2.05, 4.69) is 13.0 Å². The Labute approximate surface area is 148 Å². The van der Waals surface area contributed by atoms with E-state index in [1.165, 1.54) is 32.1 Å². The fourth-order valence-electron chi connectivity index (χ4n) is 4.15. The summed E-state index contributed by atoms with van der Waals surface area (Å²) in [5, 5.41) is 0. The van der Waals surface area contributed by atoms with Crippen LogP contribution in [0.2, 0.25) is 0 Å². The summed E-state index contributed by atoms with van der Waals surface area (Å²) >= 11 is 0. The molecule has 0 bridgehead atoms. The molecule has 3 nitrogen and oxygen atoms in total. The lowest BCUT2D eigenvalue weighted by molar-refractivity contribution is -0.0778. The maximum absolute atomic E-state index is 12.8. The molecule has 1 aromatic carbocycles. The van der Waals surface area contributed by atoms with Crippen LogP contribution in [0.3, 0.4) is 0 Å². The average Bonchev–Trinajstić information content (AvgIpc) is 2.61. The summed E-state index contributed by atoms with van der Waals surface area (Å²) in [6.45, 7) is -0.596. The molecule has 5 heteroatoms. The number of fused-ring (bicyclic) bond motifs is 1. The zero-order valence-corrected chi connectivity index (χ0v) is 15.1. The molecule has 0 radical (unpaired) electrons. The number of rotatable bonds is 6. The molecule has 140 valence electrons. The second-order valence-corrected chi connectivity index (χ2v) is 7.28. The van der Waals surface area contributed by atoms with E-state index < -0.39 is 12.9 Å². The van der Waals surface area contributed by atoms with Crippen LogP contribution in [0, 0.1) is 11.8 Å². The van der Waals surface area contributed by atoms with Crippen LogP contribution in [0.25, 0.3) is 0 Å². The molecule has 1 aliphatic carbocycles. The minimum Gasteiger partial charge on any atom is -0.461 e. The highest BCUT2D eigenvalue weighted by Crippen LogP contribution is 2.40. The molecule has 0 amide bonds. The van der Waals surface area contributed by atoms with Crippen molar-refractivity contribution in [3.63, 3.8) is 0 Å². The minimum absolute atomic E-state index is 0.145. The Kier molecular flexibility index (Phi) is 6.15. The van der Waals surface area contributed by atoms with Crippen molar-refractivity contribution < 1.29 is 23.0 Å². The molecule has 1 aliphatic heterocycles. The summed E-state index contributed by atoms with van der Waals surface area (Å²) in [5.41, 5.74) is 2.03. The SMILES string of the molecule is CCC1CCC(Cc2cc3c(c(OC(F)F)c2)OC(OC)CC3)CC1. The molecule has 1 fully saturated rings. The first-order valence-electron chi connectivity index (χ1n) is 9.39. The quantitative estimate of drug-likeness (QED) is 0.690. The Morgan fingerprint density at radius 2 is 1.84 bits per heavy atom. The second kappa shape index (κ2) is 8.35. The van der Waals surface area contributed by atoms with Gasteiger partial charge in [-0.15, -0.1) is 0 Å². The number of alkyl halides is 2. The minimum atomic E-state index is -2.86. The van der Waals surface area contributed by atoms with E-state index in [1.807, 2.05) is 0 Å². The third-order valence-corrected chi connectivity index (χ3v) is 5.64. The van der Waals surface area contributed by atoms with Crippen LogP contribution >= 0.6 is 0 Å². The van der Waals surface area contributed by atoms with E-state index in [9.17, 15) is 8.78 Å². The summed E-state index contributed by atoms with van der Waals surface area (Å²) in [4.78, 5) is 0. The number of methoxy groups -OCH3 is 1. The maximum atomic E-state index is 12.8. The van der Waals surface area contributed by atoms with Gasteiger partial charge in [0.05, 0.1) is 0 Å². The lowest BCUT2D eigenvalue weighted by atomic mass is 9.78. The van der Waals surface area contributed by atoms with E-state index in [0.29, 0.717) is 11.7 Å². The molecule has 0 aromatic heterocycles. The number of hydrogen-bond donors (Lipinski definition) is 0. The molecule has 1 unspecified atom stereocenters. The Morgan fingerprint density at radius 1 is 1.12 bits per heavy atom. The van der Waals surface area contributed by atoms with Gasteiger partial charge in [-0.2, -0.15) is 8.78 Å². The van der Waals surface area contributed by atoms with Crippen molar-refractivity contribution in [3.05, 3.63) is 23.3 Å². The van der Waals surface area contributed by atoms with Gasteiger partial charge in [-0.3, -0.25) is 0 Å². The smallest absolute Gasteiger partial charge is 0.387 e. The molecule has 3 rings (SSSR count). The standard InChI is InChI=1S/C20H28F2O3/c1-3-13-4-6-14(7-5-13)10-15-11-16-8-9-18(23-2)25-19(16)17(12-15)24-20(21)22/h11-14,18,20H,3-10H2,1-2H3. The molecule has 1 saturated carbocycles. The molecule has 0 spiro atoms. The van der Waals surface area contributed by atoms with Crippen molar-refractivity contribution in [2.24, 2.45) is 11.8 Å². The largest absolute Gasteiger partial charge is 0.461 e. The summed E-state index contributed by atoms with van der Waals surface area (Å²) in [5.74, 6) is 2.05. The molecule has 0 saturated heterocycles. The van der Waals surface area contributed by atoms with Gasteiger partial charge < -0.3 is 14.2 Å². The third kappa shape index (κ3) is 4.63. The van der Waals surface area contributed by atoms with Crippen LogP contribution in [-0.2, 0) is 17.6 Å². The highest BCUT2D eigenvalue weighted by Gasteiger charge is 2.26. The van der Waals surface area contributed by atoms with Crippen LogP contribution < -0.4 is 9.47 Å². The normalized spacial score (nSPS) is 26.2. The molecule has 2 aliphatic rings. The Morgan fingerprint density at radius 3 is 2.48 bits per heavy atom. The molecular weight excluding hydrogens is 326 g/mol. The number of benzene rings is 1. The Balaban J connectivity index is 1.76. The van der Waals surface area contributed by atoms with Crippen LogP contribution in [0.1, 0.15) is 56.6 Å². The van der Waals surface area contributed by atoms with Gasteiger partial charge in [-0.25, -0.2) is 0 Å². The Bertz CT molecular complexity index is 568. The van der Waals surface area contributed by atoms with Gasteiger partial charge in [0.15, 0.2) is 17.8 Å². The van der Waals surface area contributed by atoms with E-state index in [1.54, 1.807) is 13.2 Å². The van der Waals surface area contributed by atoms with Crippen molar-refractivity contribution >= 4 is 0 Å². The van der Waals surface area contributed by atoms with Gasteiger partial charge in [0.1, 0.15) is 0 Å². The topological polar surface area (TPSA) is 27.7 Å². The highest BCUT2D eigenvalue weighted by atomic mass is 19.3. The Hall–Kier alpha value is -1.36. The third-order valence-electron chi connectivity index (χ3n) is 5.64. The van der Waals surface area contributed by atoms with Crippen molar-refractivity contribution in [2.75, 3.05) is 7.11 Å². The number of aryl methyl sites for hydroxylation is 1. The molecular formula is C20H28F2O3. The van der Waals surface area contributed by atoms with Gasteiger partial charge >= 0.3 is 6.61 Å². The van der Waals surface area contributed by atoms with Crippen molar-refractivity contribution in [1.82, 2.24) is 0 Å². The zero-order valence-electron chi connectivity index (χ0n) is 15.1. The average molecular weight is 354 g/mol. The first-order chi connectivity index (χ1) is 12.1. The first-order valence-corrected chi connectivity index (χ1v) is 9.39. The van der Waals surface area contributed by atoms with Crippen molar-refractivity contribution in [2.45, 2.75) is 71.2 Å². The number of hydrogen-bond acceptors (Lipinski definition) is 3. The van der Waals surface area contributed by atoms with Gasteiger partial charge in [0, 0.05) is 13.5 Å². The van der Waals surface area contributed by atoms with E-state index in [4.69, 9.17) is 14.2 Å². The van der Waals surface area contributed by atoms with Gasteiger partial charge in [-0.05, 0) is 54.7 Å². The lowest BCUT2D eigenvalue weighted by Crippen LogP contribution is -2.25. The number of halogens is 2. The van der Waals surface area contributed by atoms with Crippen LogP contribution in [0.5, 0.6) is 11.5 Å². The summed E-state index contributed by atoms with van der Waals surface area (Å²) < 4.78 is 41.3. The van der Waals surface area contributed by atoms with Gasteiger partial charge in [0.2, 0.25) is 0 Å². The highest BCUT2D eigenvalue weighted by molar-refractivity contribution is 5.50. The molecule has 1 atom stereocenters. The lowest BCUT2D eigenvalue weighted by Gasteiger charge is -2.29. The van der Waals surface area contributed by atoms with Crippen LogP contribution in [-0.4, -0.2) is 20.0 Å². The molecule has 1 aromatic rings. The first kappa shape index (κ1) is 18.4. The van der Waals surface area contributed by atoms with Gasteiger partial charge in [-0.1, -0.05) is 32.3 Å². The summed E-state index contributed by atoms with van der Waals surface area (Å²) in [6.07, 6.45) is 8.28. The zero-order chi connectivity index (χ0) is 17.8. The fourth-order valence-corrected chi connectivity index (χ4v) is 4.15. The van der Waals surface area contributed by atoms with Crippen molar-refractivity contribution in [3.8, 4) is 11.5 Å². The van der Waals surface area contributed by atoms with E-state index in [0.717, 1.165) is 36.3 Å². The van der Waals surface area contributed by atoms with Crippen LogP contribution in [0.4, 0.5) is 8.78 Å². The molecule has 0 N–H and O–H groups in total. The molecule has 25 heavy (non-hydrogen) atoms. The summed E-state index contributed by atoms with van der Waals surface area (Å²) in [6, 6.07) is 3.83. The van der Waals surface area contributed by atoms with E-state index in [-0.39, 0.29) is 5.75 Å². The van der Waals surface area contributed by atoms with Gasteiger partial charge in [0.25, 0.3) is 0 Å². The predicted octanol–water partition coefficient (Wildman–Crippen LogP) is 5.34. The second-order valence-electron chi connectivity index (χ2n) is 7.28. The monoisotopic (exact) mass is 354 g/mol. The maximum Gasteiger partial charge on any atom is 0.387 e. The molecule has 1 heterocycles. The predicted molar refractivity (Wildman–Crippen MR) is 92.3 cm³/mol. The van der Waals surface area contributed by atoms with Crippen molar-refractivity contribution in [1.29, 1.82) is 0 Å². The fraction of sp³-hybridized carbons (Fsp3) is 0.700.